The second kappa shape index (κ2) is 6.98. The van der Waals surface area contributed by atoms with E-state index >= 15 is 0 Å². The molecule has 0 aliphatic carbocycles. The Balaban J connectivity index is 2.21. The minimum atomic E-state index is -0.366. The zero-order valence-electron chi connectivity index (χ0n) is 15.0. The van der Waals surface area contributed by atoms with E-state index in [0.29, 0.717) is 5.56 Å². The highest BCUT2D eigenvalue weighted by Gasteiger charge is 2.23. The Hall–Kier alpha value is -2.81. The molecule has 25 heavy (non-hydrogen) atoms. The number of amides is 1. The van der Waals surface area contributed by atoms with Gasteiger partial charge in [0.25, 0.3) is 5.91 Å². The molecule has 0 bridgehead atoms. The highest BCUT2D eigenvalue weighted by atomic mass is 16.1. The topological polar surface area (TPSA) is 48.0 Å². The highest BCUT2D eigenvalue weighted by molar-refractivity contribution is 6.02. The Kier molecular flexibility index (Phi) is 4.75. The summed E-state index contributed by atoms with van der Waals surface area (Å²) >= 11 is 0. The van der Waals surface area contributed by atoms with Crippen molar-refractivity contribution in [2.75, 3.05) is 0 Å². The molecule has 0 aliphatic rings. The molecule has 0 saturated carbocycles. The van der Waals surface area contributed by atoms with Gasteiger partial charge in [0.2, 0.25) is 0 Å². The van der Waals surface area contributed by atoms with E-state index in [2.05, 4.69) is 54.8 Å². The number of aromatic nitrogens is 1. The molecule has 2 aromatic carbocycles. The normalized spacial score (nSPS) is 10.8. The van der Waals surface area contributed by atoms with Crippen LogP contribution in [0.2, 0.25) is 0 Å². The van der Waals surface area contributed by atoms with E-state index in [4.69, 9.17) is 5.73 Å². The molecule has 0 radical (unpaired) electrons. The average molecular weight is 332 g/mol. The van der Waals surface area contributed by atoms with Crippen molar-refractivity contribution >= 4 is 5.91 Å². The second-order valence-corrected chi connectivity index (χ2v) is 6.44. The third kappa shape index (κ3) is 3.22. The summed E-state index contributed by atoms with van der Waals surface area (Å²) in [7, 11) is 0. The summed E-state index contributed by atoms with van der Waals surface area (Å²) in [5.41, 5.74) is 12.9. The van der Waals surface area contributed by atoms with Gasteiger partial charge < -0.3 is 10.3 Å². The van der Waals surface area contributed by atoms with Gasteiger partial charge in [-0.2, -0.15) is 0 Å². The first kappa shape index (κ1) is 17.0. The van der Waals surface area contributed by atoms with Gasteiger partial charge in [-0.3, -0.25) is 4.79 Å². The van der Waals surface area contributed by atoms with E-state index in [-0.39, 0.29) is 5.91 Å². The first-order chi connectivity index (χ1) is 12.0. The van der Waals surface area contributed by atoms with E-state index in [1.807, 2.05) is 25.1 Å². The van der Waals surface area contributed by atoms with Gasteiger partial charge in [0.15, 0.2) is 0 Å². The van der Waals surface area contributed by atoms with E-state index in [9.17, 15) is 4.79 Å². The number of carbonyl (C=O) groups excluding carboxylic acids is 1. The van der Waals surface area contributed by atoms with Crippen molar-refractivity contribution < 1.29 is 4.79 Å². The van der Waals surface area contributed by atoms with Gasteiger partial charge in [-0.25, -0.2) is 0 Å². The number of rotatable bonds is 5. The Labute approximate surface area is 149 Å². The number of hydrogen-bond donors (Lipinski definition) is 1. The molecule has 1 amide bonds. The number of hydrogen-bond acceptors (Lipinski definition) is 1. The van der Waals surface area contributed by atoms with Crippen LogP contribution in [0.25, 0.3) is 11.1 Å². The number of benzene rings is 2. The van der Waals surface area contributed by atoms with Crippen LogP contribution in [0.5, 0.6) is 0 Å². The fourth-order valence-corrected chi connectivity index (χ4v) is 3.48. The van der Waals surface area contributed by atoms with Crippen LogP contribution < -0.4 is 5.73 Å². The van der Waals surface area contributed by atoms with Crippen molar-refractivity contribution in [1.82, 2.24) is 4.57 Å². The quantitative estimate of drug-likeness (QED) is 0.735. The zero-order valence-corrected chi connectivity index (χ0v) is 15.0. The van der Waals surface area contributed by atoms with E-state index in [1.165, 1.54) is 11.1 Å². The van der Waals surface area contributed by atoms with E-state index in [1.54, 1.807) is 0 Å². The summed E-state index contributed by atoms with van der Waals surface area (Å²) in [6.45, 7) is 6.91. The SMILES string of the molecule is CCc1c(-c2ccc(C)cc2)c(C(N)=O)c(C)n1Cc1ccccc1. The van der Waals surface area contributed by atoms with Gasteiger partial charge in [-0.05, 0) is 31.4 Å². The fraction of sp³-hybridized carbons (Fsp3) is 0.227. The predicted octanol–water partition coefficient (Wildman–Crippen LogP) is 4.48. The summed E-state index contributed by atoms with van der Waals surface area (Å²) in [6.07, 6.45) is 0.837. The lowest BCUT2D eigenvalue weighted by Crippen LogP contribution is -2.13. The lowest BCUT2D eigenvalue weighted by molar-refractivity contribution is 0.1000. The molecular weight excluding hydrogens is 308 g/mol. The summed E-state index contributed by atoms with van der Waals surface area (Å²) in [5, 5.41) is 0. The molecule has 3 heteroatoms. The molecule has 0 atom stereocenters. The van der Waals surface area contributed by atoms with Gasteiger partial charge in [-0.15, -0.1) is 0 Å². The van der Waals surface area contributed by atoms with Gasteiger partial charge in [0.05, 0.1) is 5.56 Å². The van der Waals surface area contributed by atoms with Crippen molar-refractivity contribution in [2.24, 2.45) is 5.73 Å². The van der Waals surface area contributed by atoms with Crippen molar-refractivity contribution in [2.45, 2.75) is 33.7 Å². The third-order valence-corrected chi connectivity index (χ3v) is 4.74. The number of aryl methyl sites for hydroxylation is 1. The monoisotopic (exact) mass is 332 g/mol. The van der Waals surface area contributed by atoms with Crippen molar-refractivity contribution in [3.05, 3.63) is 82.7 Å². The van der Waals surface area contributed by atoms with Crippen LogP contribution in [0.1, 0.15) is 39.8 Å². The molecule has 0 unspecified atom stereocenters. The standard InChI is InChI=1S/C22H24N2O/c1-4-19-21(18-12-10-15(2)11-13-18)20(22(23)25)16(3)24(19)14-17-8-6-5-7-9-17/h5-13H,4,14H2,1-3H3,(H2,23,25). The first-order valence-corrected chi connectivity index (χ1v) is 8.65. The van der Waals surface area contributed by atoms with Crippen LogP contribution in [-0.2, 0) is 13.0 Å². The second-order valence-electron chi connectivity index (χ2n) is 6.44. The maximum Gasteiger partial charge on any atom is 0.251 e. The van der Waals surface area contributed by atoms with Crippen molar-refractivity contribution in [3.8, 4) is 11.1 Å². The fourth-order valence-electron chi connectivity index (χ4n) is 3.48. The van der Waals surface area contributed by atoms with Crippen LogP contribution in [0, 0.1) is 13.8 Å². The van der Waals surface area contributed by atoms with E-state index < -0.39 is 0 Å². The van der Waals surface area contributed by atoms with E-state index in [0.717, 1.165) is 35.5 Å². The molecule has 0 spiro atoms. The largest absolute Gasteiger partial charge is 0.366 e. The summed E-state index contributed by atoms with van der Waals surface area (Å²) in [4.78, 5) is 12.2. The zero-order chi connectivity index (χ0) is 18.0. The molecule has 0 aliphatic heterocycles. The average Bonchev–Trinajstić information content (AvgIpc) is 2.88. The number of nitrogens with zero attached hydrogens (tertiary/aromatic N) is 1. The Bertz CT molecular complexity index is 890. The smallest absolute Gasteiger partial charge is 0.251 e. The molecule has 0 saturated heterocycles. The van der Waals surface area contributed by atoms with Gasteiger partial charge in [0, 0.05) is 23.5 Å². The Morgan fingerprint density at radius 3 is 2.20 bits per heavy atom. The Morgan fingerprint density at radius 2 is 1.64 bits per heavy atom. The van der Waals surface area contributed by atoms with Crippen LogP contribution in [0.3, 0.4) is 0 Å². The van der Waals surface area contributed by atoms with Gasteiger partial charge >= 0.3 is 0 Å². The summed E-state index contributed by atoms with van der Waals surface area (Å²) in [5.74, 6) is -0.366. The first-order valence-electron chi connectivity index (χ1n) is 8.65. The number of primary amides is 1. The molecule has 3 aromatic rings. The van der Waals surface area contributed by atoms with Crippen LogP contribution in [-0.4, -0.2) is 10.5 Å². The minimum Gasteiger partial charge on any atom is -0.366 e. The van der Waals surface area contributed by atoms with Gasteiger partial charge in [0.1, 0.15) is 0 Å². The Morgan fingerprint density at radius 1 is 1.00 bits per heavy atom. The maximum atomic E-state index is 12.2. The molecule has 1 heterocycles. The highest BCUT2D eigenvalue weighted by Crippen LogP contribution is 2.33. The predicted molar refractivity (Wildman–Crippen MR) is 103 cm³/mol. The molecule has 3 nitrogen and oxygen atoms in total. The molecule has 1 aromatic heterocycles. The van der Waals surface area contributed by atoms with Crippen LogP contribution in [0.15, 0.2) is 54.6 Å². The number of carbonyl (C=O) groups is 1. The summed E-state index contributed by atoms with van der Waals surface area (Å²) < 4.78 is 2.23. The molecule has 3 rings (SSSR count). The lowest BCUT2D eigenvalue weighted by atomic mass is 9.98. The summed E-state index contributed by atoms with van der Waals surface area (Å²) in [6, 6.07) is 18.6. The lowest BCUT2D eigenvalue weighted by Gasteiger charge is -2.12. The molecular formula is C22H24N2O. The van der Waals surface area contributed by atoms with Crippen LogP contribution >= 0.6 is 0 Å². The maximum absolute atomic E-state index is 12.2. The third-order valence-electron chi connectivity index (χ3n) is 4.74. The minimum absolute atomic E-state index is 0.366. The van der Waals surface area contributed by atoms with Crippen molar-refractivity contribution in [1.29, 1.82) is 0 Å². The van der Waals surface area contributed by atoms with Crippen molar-refractivity contribution in [3.63, 3.8) is 0 Å². The molecule has 2 N–H and O–H groups in total. The molecule has 0 fully saturated rings. The molecule has 128 valence electrons. The number of nitrogens with two attached hydrogens (primary N) is 1. The van der Waals surface area contributed by atoms with Gasteiger partial charge in [-0.1, -0.05) is 67.1 Å². The van der Waals surface area contributed by atoms with Crippen LogP contribution in [0.4, 0.5) is 0 Å².